The van der Waals surface area contributed by atoms with E-state index in [0.717, 1.165) is 0 Å². The zero-order valence-electron chi connectivity index (χ0n) is 8.31. The van der Waals surface area contributed by atoms with Crippen LogP contribution in [0.15, 0.2) is 22.7 Å². The minimum Gasteiger partial charge on any atom is -0.405 e. The molecule has 16 heavy (non-hydrogen) atoms. The van der Waals surface area contributed by atoms with Crippen LogP contribution in [0.2, 0.25) is 0 Å². The quantitative estimate of drug-likeness (QED) is 0.928. The number of hydrogen-bond donors (Lipinski definition) is 1. The maximum atomic E-state index is 12.1. The van der Waals surface area contributed by atoms with E-state index >= 15 is 0 Å². The summed E-state index contributed by atoms with van der Waals surface area (Å²) >= 11 is 3.14. The van der Waals surface area contributed by atoms with Gasteiger partial charge in [0.25, 0.3) is 0 Å². The zero-order chi connectivity index (χ0) is 12.3. The summed E-state index contributed by atoms with van der Waals surface area (Å²) in [7, 11) is 0. The third-order valence-corrected chi connectivity index (χ3v) is 2.36. The molecular weight excluding hydrogens is 289 g/mol. The molecule has 0 unspecified atom stereocenters. The molecule has 1 aromatic carbocycles. The molecule has 0 atom stereocenters. The van der Waals surface area contributed by atoms with Crippen LogP contribution in [-0.4, -0.2) is 18.1 Å². The SMILES string of the molecule is C[C](CO)c1cc(Br)ccc1OC(F)(F)F. The molecule has 0 aliphatic heterocycles. The molecule has 0 fully saturated rings. The lowest BCUT2D eigenvalue weighted by atomic mass is 10.0. The Hall–Kier alpha value is -0.750. The van der Waals surface area contributed by atoms with E-state index in [0.29, 0.717) is 10.4 Å². The highest BCUT2D eigenvalue weighted by molar-refractivity contribution is 9.10. The number of alkyl halides is 3. The van der Waals surface area contributed by atoms with E-state index in [1.54, 1.807) is 0 Å². The molecule has 0 aliphatic rings. The minimum atomic E-state index is -4.74. The predicted molar refractivity (Wildman–Crippen MR) is 55.9 cm³/mol. The Morgan fingerprint density at radius 1 is 1.44 bits per heavy atom. The largest absolute Gasteiger partial charge is 0.573 e. The highest BCUT2D eigenvalue weighted by atomic mass is 79.9. The van der Waals surface area contributed by atoms with Gasteiger partial charge in [-0.05, 0) is 18.2 Å². The molecule has 1 rings (SSSR count). The molecule has 6 heteroatoms. The molecule has 0 saturated carbocycles. The predicted octanol–water partition coefficient (Wildman–Crippen LogP) is 3.28. The van der Waals surface area contributed by atoms with Crippen molar-refractivity contribution in [3.05, 3.63) is 34.2 Å². The van der Waals surface area contributed by atoms with Crippen LogP contribution >= 0.6 is 15.9 Å². The summed E-state index contributed by atoms with van der Waals surface area (Å²) in [6, 6.07) is 4.11. The zero-order valence-corrected chi connectivity index (χ0v) is 9.89. The van der Waals surface area contributed by atoms with Crippen molar-refractivity contribution < 1.29 is 23.0 Å². The molecule has 89 valence electrons. The van der Waals surface area contributed by atoms with Crippen LogP contribution in [0.4, 0.5) is 13.2 Å². The number of aliphatic hydroxyl groups excluding tert-OH is 1. The lowest BCUT2D eigenvalue weighted by Crippen LogP contribution is -2.19. The van der Waals surface area contributed by atoms with Crippen LogP contribution in [0.1, 0.15) is 12.5 Å². The molecule has 0 aromatic heterocycles. The molecule has 0 amide bonds. The Labute approximate surface area is 99.2 Å². The molecule has 1 radical (unpaired) electrons. The third kappa shape index (κ3) is 3.68. The van der Waals surface area contributed by atoms with Crippen LogP contribution < -0.4 is 4.74 Å². The van der Waals surface area contributed by atoms with E-state index in [2.05, 4.69) is 20.7 Å². The van der Waals surface area contributed by atoms with E-state index in [4.69, 9.17) is 5.11 Å². The maximum absolute atomic E-state index is 12.1. The standard InChI is InChI=1S/C10H9BrF3O2/c1-6(5-15)8-4-7(11)2-3-9(8)16-10(12,13)14/h2-4,15H,5H2,1H3. The van der Waals surface area contributed by atoms with Gasteiger partial charge in [-0.3, -0.25) is 0 Å². The van der Waals surface area contributed by atoms with E-state index < -0.39 is 6.36 Å². The van der Waals surface area contributed by atoms with Gasteiger partial charge in [0.2, 0.25) is 0 Å². The Kier molecular flexibility index (Phi) is 4.21. The van der Waals surface area contributed by atoms with Crippen LogP contribution in [-0.2, 0) is 0 Å². The Morgan fingerprint density at radius 3 is 2.56 bits per heavy atom. The second kappa shape index (κ2) is 5.05. The monoisotopic (exact) mass is 297 g/mol. The van der Waals surface area contributed by atoms with E-state index in [1.807, 2.05) is 0 Å². The molecule has 0 aliphatic carbocycles. The first-order valence-electron chi connectivity index (χ1n) is 4.32. The van der Waals surface area contributed by atoms with Gasteiger partial charge in [-0.15, -0.1) is 13.2 Å². The normalized spacial score (nSPS) is 11.9. The number of hydrogen-bond acceptors (Lipinski definition) is 2. The van der Waals surface area contributed by atoms with Gasteiger partial charge in [0.15, 0.2) is 0 Å². The fraction of sp³-hybridized carbons (Fsp3) is 0.300. The third-order valence-electron chi connectivity index (χ3n) is 1.86. The molecule has 0 bridgehead atoms. The number of halogens is 4. The Bertz CT molecular complexity index is 366. The second-order valence-corrected chi connectivity index (χ2v) is 4.04. The van der Waals surface area contributed by atoms with Crippen molar-refractivity contribution >= 4 is 15.9 Å². The van der Waals surface area contributed by atoms with E-state index in [1.165, 1.54) is 25.1 Å². The fourth-order valence-corrected chi connectivity index (χ4v) is 1.50. The smallest absolute Gasteiger partial charge is 0.405 e. The summed E-state index contributed by atoms with van der Waals surface area (Å²) in [6.45, 7) is 1.20. The maximum Gasteiger partial charge on any atom is 0.573 e. The summed E-state index contributed by atoms with van der Waals surface area (Å²) in [4.78, 5) is 0. The summed E-state index contributed by atoms with van der Waals surface area (Å²) in [5.41, 5.74) is 0.231. The van der Waals surface area contributed by atoms with Crippen molar-refractivity contribution in [2.45, 2.75) is 13.3 Å². The molecular formula is C10H9BrF3O2. The van der Waals surface area contributed by atoms with Gasteiger partial charge in [0.05, 0.1) is 6.61 Å². The average Bonchev–Trinajstić information content (AvgIpc) is 2.17. The molecule has 1 aromatic rings. The van der Waals surface area contributed by atoms with Crippen molar-refractivity contribution in [3.63, 3.8) is 0 Å². The number of benzene rings is 1. The summed E-state index contributed by atoms with van der Waals surface area (Å²) in [6.07, 6.45) is -4.74. The van der Waals surface area contributed by atoms with Crippen LogP contribution in [0.25, 0.3) is 0 Å². The van der Waals surface area contributed by atoms with E-state index in [9.17, 15) is 13.2 Å². The number of aliphatic hydroxyl groups is 1. The van der Waals surface area contributed by atoms with Crippen molar-refractivity contribution in [1.82, 2.24) is 0 Å². The van der Waals surface area contributed by atoms with Gasteiger partial charge in [-0.25, -0.2) is 0 Å². The second-order valence-electron chi connectivity index (χ2n) is 3.13. The Morgan fingerprint density at radius 2 is 2.06 bits per heavy atom. The topological polar surface area (TPSA) is 29.5 Å². The first-order valence-corrected chi connectivity index (χ1v) is 5.11. The van der Waals surface area contributed by atoms with Crippen molar-refractivity contribution in [2.24, 2.45) is 0 Å². The highest BCUT2D eigenvalue weighted by Gasteiger charge is 2.32. The van der Waals surface area contributed by atoms with Gasteiger partial charge < -0.3 is 9.84 Å². The fourth-order valence-electron chi connectivity index (χ4n) is 1.13. The van der Waals surface area contributed by atoms with Crippen molar-refractivity contribution in [1.29, 1.82) is 0 Å². The first-order chi connectivity index (χ1) is 7.33. The van der Waals surface area contributed by atoms with Crippen molar-refractivity contribution in [3.8, 4) is 5.75 Å². The first kappa shape index (κ1) is 13.3. The van der Waals surface area contributed by atoms with Gasteiger partial charge in [0.1, 0.15) is 5.75 Å². The Balaban J connectivity index is 3.07. The van der Waals surface area contributed by atoms with Crippen LogP contribution in [0.3, 0.4) is 0 Å². The van der Waals surface area contributed by atoms with Crippen LogP contribution in [0, 0.1) is 5.92 Å². The summed E-state index contributed by atoms with van der Waals surface area (Å²) in [5.74, 6) is 0.0859. The average molecular weight is 298 g/mol. The number of rotatable bonds is 3. The summed E-state index contributed by atoms with van der Waals surface area (Å²) in [5, 5.41) is 8.91. The lowest BCUT2D eigenvalue weighted by molar-refractivity contribution is -0.274. The summed E-state index contributed by atoms with van der Waals surface area (Å²) < 4.78 is 40.7. The molecule has 2 nitrogen and oxygen atoms in total. The lowest BCUT2D eigenvalue weighted by Gasteiger charge is -2.16. The molecule has 0 heterocycles. The van der Waals surface area contributed by atoms with Gasteiger partial charge in [-0.2, -0.15) is 0 Å². The van der Waals surface area contributed by atoms with Gasteiger partial charge in [-0.1, -0.05) is 22.9 Å². The molecule has 1 N–H and O–H groups in total. The van der Waals surface area contributed by atoms with Crippen molar-refractivity contribution in [2.75, 3.05) is 6.61 Å². The highest BCUT2D eigenvalue weighted by Crippen LogP contribution is 2.32. The van der Waals surface area contributed by atoms with Crippen LogP contribution in [0.5, 0.6) is 5.75 Å². The molecule has 0 spiro atoms. The molecule has 0 saturated heterocycles. The number of ether oxygens (including phenoxy) is 1. The minimum absolute atomic E-state index is 0.231. The van der Waals surface area contributed by atoms with Gasteiger partial charge in [0, 0.05) is 16.0 Å². The van der Waals surface area contributed by atoms with Gasteiger partial charge >= 0.3 is 6.36 Å². The van der Waals surface area contributed by atoms with E-state index in [-0.39, 0.29) is 17.9 Å².